The third-order valence-electron chi connectivity index (χ3n) is 4.02. The van der Waals surface area contributed by atoms with E-state index in [9.17, 15) is 0 Å². The quantitative estimate of drug-likeness (QED) is 0.794. The molecule has 1 aliphatic rings. The zero-order valence-electron chi connectivity index (χ0n) is 12.0. The molecule has 0 radical (unpaired) electrons. The van der Waals surface area contributed by atoms with Gasteiger partial charge in [0.05, 0.1) is 0 Å². The average Bonchev–Trinajstić information content (AvgIpc) is 2.29. The fourth-order valence-corrected chi connectivity index (χ4v) is 4.22. The van der Waals surface area contributed by atoms with Gasteiger partial charge < -0.3 is 10.6 Å². The van der Waals surface area contributed by atoms with Crippen molar-refractivity contribution in [3.63, 3.8) is 0 Å². The number of thioether (sulfide) groups is 1. The lowest BCUT2D eigenvalue weighted by atomic mass is 9.75. The first-order valence-electron chi connectivity index (χ1n) is 7.08. The maximum Gasteiger partial charge on any atom is 0.0204 e. The van der Waals surface area contributed by atoms with Gasteiger partial charge in [0.15, 0.2) is 0 Å². The number of hydrogen-bond acceptors (Lipinski definition) is 3. The molecule has 2 N–H and O–H groups in total. The van der Waals surface area contributed by atoms with Gasteiger partial charge in [0.25, 0.3) is 0 Å². The third kappa shape index (κ3) is 5.19. The largest absolute Gasteiger partial charge is 0.327 e. The van der Waals surface area contributed by atoms with Gasteiger partial charge in [-0.15, -0.1) is 0 Å². The Labute approximate surface area is 112 Å². The van der Waals surface area contributed by atoms with Crippen molar-refractivity contribution in [3.8, 4) is 0 Å². The van der Waals surface area contributed by atoms with Crippen molar-refractivity contribution in [2.45, 2.75) is 58.2 Å². The van der Waals surface area contributed by atoms with Gasteiger partial charge in [0.1, 0.15) is 0 Å². The van der Waals surface area contributed by atoms with Crippen molar-refractivity contribution in [1.29, 1.82) is 0 Å². The topological polar surface area (TPSA) is 29.3 Å². The summed E-state index contributed by atoms with van der Waals surface area (Å²) in [5.41, 5.74) is 6.75. The Morgan fingerprint density at radius 3 is 2.53 bits per heavy atom. The highest BCUT2D eigenvalue weighted by atomic mass is 32.2. The first-order chi connectivity index (χ1) is 7.98. The van der Waals surface area contributed by atoms with E-state index in [-0.39, 0.29) is 0 Å². The van der Waals surface area contributed by atoms with Crippen LogP contribution < -0.4 is 5.73 Å². The molecule has 0 saturated heterocycles. The highest BCUT2D eigenvalue weighted by molar-refractivity contribution is 8.00. The third-order valence-corrected chi connectivity index (χ3v) is 5.38. The fourth-order valence-electron chi connectivity index (χ4n) is 2.60. The second kappa shape index (κ2) is 7.01. The Bertz CT molecular complexity index is 214. The Kier molecular flexibility index (Phi) is 6.32. The van der Waals surface area contributed by atoms with E-state index in [1.807, 2.05) is 0 Å². The minimum atomic E-state index is 0.421. The highest BCUT2D eigenvalue weighted by Crippen LogP contribution is 2.39. The van der Waals surface area contributed by atoms with Gasteiger partial charge in [-0.3, -0.25) is 0 Å². The van der Waals surface area contributed by atoms with Crippen molar-refractivity contribution < 1.29 is 0 Å². The Morgan fingerprint density at radius 1 is 1.29 bits per heavy atom. The van der Waals surface area contributed by atoms with E-state index in [0.29, 0.717) is 16.7 Å². The van der Waals surface area contributed by atoms with Gasteiger partial charge in [0, 0.05) is 23.6 Å². The summed E-state index contributed by atoms with van der Waals surface area (Å²) in [5.74, 6) is 1.23. The molecule has 102 valence electrons. The Hall–Kier alpha value is 0.270. The molecule has 0 amide bonds. The first kappa shape index (κ1) is 15.3. The Balaban J connectivity index is 2.29. The number of rotatable bonds is 6. The van der Waals surface area contributed by atoms with E-state index in [0.717, 1.165) is 0 Å². The summed E-state index contributed by atoms with van der Waals surface area (Å²) in [4.78, 5) is 2.49. The molecule has 17 heavy (non-hydrogen) atoms. The molecule has 2 atom stereocenters. The molecule has 2 nitrogen and oxygen atoms in total. The summed E-state index contributed by atoms with van der Waals surface area (Å²) >= 11 is 2.10. The lowest BCUT2D eigenvalue weighted by Crippen LogP contribution is -2.41. The fraction of sp³-hybridized carbons (Fsp3) is 1.00. The molecule has 1 aliphatic carbocycles. The van der Waals surface area contributed by atoms with E-state index in [1.165, 1.54) is 44.6 Å². The van der Waals surface area contributed by atoms with Crippen LogP contribution in [0.2, 0.25) is 0 Å². The van der Waals surface area contributed by atoms with Crippen molar-refractivity contribution in [2.75, 3.05) is 25.4 Å². The van der Waals surface area contributed by atoms with Crippen LogP contribution in [-0.2, 0) is 0 Å². The van der Waals surface area contributed by atoms with E-state index in [1.54, 1.807) is 0 Å². The maximum atomic E-state index is 6.25. The summed E-state index contributed by atoms with van der Waals surface area (Å²) in [5, 5.41) is 0.675. The van der Waals surface area contributed by atoms with Gasteiger partial charge in [-0.1, -0.05) is 27.7 Å². The van der Waals surface area contributed by atoms with Crippen LogP contribution in [0.25, 0.3) is 0 Å². The minimum Gasteiger partial charge on any atom is -0.327 e. The summed E-state index contributed by atoms with van der Waals surface area (Å²) in [6.07, 6.45) is 3.79. The first-order valence-corrected chi connectivity index (χ1v) is 8.13. The van der Waals surface area contributed by atoms with E-state index in [2.05, 4.69) is 44.4 Å². The molecule has 0 spiro atoms. The molecule has 0 aliphatic heterocycles. The van der Waals surface area contributed by atoms with Gasteiger partial charge in [-0.2, -0.15) is 11.8 Å². The predicted octanol–water partition coefficient (Wildman–Crippen LogP) is 2.97. The van der Waals surface area contributed by atoms with Crippen molar-refractivity contribution in [2.24, 2.45) is 11.1 Å². The van der Waals surface area contributed by atoms with Crippen LogP contribution in [0.5, 0.6) is 0 Å². The molecular formula is C14H30N2S. The molecule has 1 fully saturated rings. The second-order valence-electron chi connectivity index (χ2n) is 6.01. The number of hydrogen-bond donors (Lipinski definition) is 1. The summed E-state index contributed by atoms with van der Waals surface area (Å²) in [6, 6.07) is 0.421. The average molecular weight is 258 g/mol. The molecule has 3 heteroatoms. The number of nitrogens with two attached hydrogens (primary N) is 1. The molecule has 1 saturated carbocycles. The van der Waals surface area contributed by atoms with Crippen LogP contribution in [0.4, 0.5) is 0 Å². The maximum absolute atomic E-state index is 6.25. The minimum absolute atomic E-state index is 0.421. The van der Waals surface area contributed by atoms with Crippen molar-refractivity contribution in [3.05, 3.63) is 0 Å². The van der Waals surface area contributed by atoms with E-state index in [4.69, 9.17) is 5.73 Å². The summed E-state index contributed by atoms with van der Waals surface area (Å²) in [7, 11) is 0. The SMILES string of the molecule is CCN(CC)CCSC1CC(C)(C)CCC1N. The van der Waals surface area contributed by atoms with Crippen molar-refractivity contribution in [1.82, 2.24) is 4.90 Å². The van der Waals surface area contributed by atoms with E-state index >= 15 is 0 Å². The predicted molar refractivity (Wildman–Crippen MR) is 79.6 cm³/mol. The molecule has 0 aromatic rings. The highest BCUT2D eigenvalue weighted by Gasteiger charge is 2.32. The summed E-state index contributed by atoms with van der Waals surface area (Å²) < 4.78 is 0. The van der Waals surface area contributed by atoms with Gasteiger partial charge in [0.2, 0.25) is 0 Å². The molecule has 0 aromatic carbocycles. The normalized spacial score (nSPS) is 28.6. The van der Waals surface area contributed by atoms with Crippen LogP contribution in [0.1, 0.15) is 47.0 Å². The number of nitrogens with zero attached hydrogens (tertiary/aromatic N) is 1. The monoisotopic (exact) mass is 258 g/mol. The second-order valence-corrected chi connectivity index (χ2v) is 7.35. The molecule has 0 aromatic heterocycles. The van der Waals surface area contributed by atoms with Crippen LogP contribution in [0, 0.1) is 5.41 Å². The molecule has 2 unspecified atom stereocenters. The van der Waals surface area contributed by atoms with Gasteiger partial charge >= 0.3 is 0 Å². The molecule has 1 rings (SSSR count). The standard InChI is InChI=1S/C14H30N2S/c1-5-16(6-2)9-10-17-13-11-14(3,4)8-7-12(13)15/h12-13H,5-11,15H2,1-4H3. The van der Waals surface area contributed by atoms with Crippen LogP contribution >= 0.6 is 11.8 Å². The van der Waals surface area contributed by atoms with Crippen LogP contribution in [0.15, 0.2) is 0 Å². The zero-order chi connectivity index (χ0) is 12.9. The zero-order valence-corrected chi connectivity index (χ0v) is 12.9. The van der Waals surface area contributed by atoms with Crippen molar-refractivity contribution >= 4 is 11.8 Å². The van der Waals surface area contributed by atoms with Gasteiger partial charge in [-0.05, 0) is 37.8 Å². The smallest absolute Gasteiger partial charge is 0.0204 e. The molecule has 0 heterocycles. The molecule has 0 bridgehead atoms. The summed E-state index contributed by atoms with van der Waals surface area (Å²) in [6.45, 7) is 12.8. The Morgan fingerprint density at radius 2 is 1.94 bits per heavy atom. The lowest BCUT2D eigenvalue weighted by Gasteiger charge is -2.39. The lowest BCUT2D eigenvalue weighted by molar-refractivity contribution is 0.232. The van der Waals surface area contributed by atoms with Gasteiger partial charge in [-0.25, -0.2) is 0 Å². The van der Waals surface area contributed by atoms with E-state index < -0.39 is 0 Å². The molecular weight excluding hydrogens is 228 g/mol. The van der Waals surface area contributed by atoms with Crippen LogP contribution in [-0.4, -0.2) is 41.6 Å². The van der Waals surface area contributed by atoms with Crippen LogP contribution in [0.3, 0.4) is 0 Å².